The van der Waals surface area contributed by atoms with Crippen molar-refractivity contribution in [2.45, 2.75) is 11.8 Å². The van der Waals surface area contributed by atoms with Crippen LogP contribution >= 0.6 is 0 Å². The Hall–Kier alpha value is -3.29. The van der Waals surface area contributed by atoms with E-state index in [1.165, 1.54) is 19.2 Å². The van der Waals surface area contributed by atoms with E-state index in [0.717, 1.165) is 21.0 Å². The summed E-state index contributed by atoms with van der Waals surface area (Å²) in [5.74, 6) is -1.16. The van der Waals surface area contributed by atoms with Gasteiger partial charge in [-0.05, 0) is 30.2 Å². The highest BCUT2D eigenvalue weighted by Gasteiger charge is 2.23. The molecule has 0 fully saturated rings. The fourth-order valence-corrected chi connectivity index (χ4v) is 4.03. The molecule has 7 heteroatoms. The topological polar surface area (TPSA) is 80.8 Å². The van der Waals surface area contributed by atoms with Crippen molar-refractivity contribution in [2.75, 3.05) is 20.2 Å². The molecule has 0 spiro atoms. The van der Waals surface area contributed by atoms with Crippen LogP contribution in [0.5, 0.6) is 0 Å². The lowest BCUT2D eigenvalue weighted by Crippen LogP contribution is -2.33. The molecule has 0 saturated carbocycles. The van der Waals surface area contributed by atoms with E-state index in [2.05, 4.69) is 0 Å². The minimum Gasteiger partial charge on any atom is -0.456 e. The van der Waals surface area contributed by atoms with E-state index in [0.29, 0.717) is 5.56 Å². The van der Waals surface area contributed by atoms with Gasteiger partial charge in [0.25, 0.3) is 0 Å². The first-order valence-electron chi connectivity index (χ1n) is 9.65. The molecule has 0 bridgehead atoms. The summed E-state index contributed by atoms with van der Waals surface area (Å²) < 4.78 is 31.0. The number of esters is 1. The Bertz CT molecular complexity index is 1150. The quantitative estimate of drug-likeness (QED) is 0.396. The van der Waals surface area contributed by atoms with E-state index in [-0.39, 0.29) is 10.7 Å². The van der Waals surface area contributed by atoms with E-state index >= 15 is 0 Å². The Labute approximate surface area is 182 Å². The molecule has 0 saturated heterocycles. The van der Waals surface area contributed by atoms with Crippen molar-refractivity contribution in [1.82, 2.24) is 4.31 Å². The third-order valence-electron chi connectivity index (χ3n) is 4.76. The molecule has 0 atom stereocenters. The number of ketones is 1. The summed E-state index contributed by atoms with van der Waals surface area (Å²) in [6.07, 6.45) is 0. The maximum atomic E-state index is 12.5. The number of rotatable bonds is 8. The molecule has 0 aliphatic rings. The SMILES string of the molecule is Cc1ccc(S(=O)(=O)N(C)CC(=O)OCC(=O)c2ccc(-c3ccccc3)cc2)cc1. The van der Waals surface area contributed by atoms with Crippen molar-refractivity contribution < 1.29 is 22.7 Å². The predicted octanol–water partition coefficient (Wildman–Crippen LogP) is 3.71. The van der Waals surface area contributed by atoms with Crippen molar-refractivity contribution in [3.8, 4) is 11.1 Å². The number of ether oxygens (including phenoxy) is 1. The van der Waals surface area contributed by atoms with E-state index in [4.69, 9.17) is 4.74 Å². The van der Waals surface area contributed by atoms with Crippen LogP contribution < -0.4 is 0 Å². The predicted molar refractivity (Wildman–Crippen MR) is 118 cm³/mol. The second-order valence-corrected chi connectivity index (χ2v) is 9.15. The smallest absolute Gasteiger partial charge is 0.321 e. The third-order valence-corrected chi connectivity index (χ3v) is 6.58. The molecular formula is C24H23NO5S. The summed E-state index contributed by atoms with van der Waals surface area (Å²) in [5.41, 5.74) is 3.34. The van der Waals surface area contributed by atoms with Gasteiger partial charge in [0.15, 0.2) is 12.4 Å². The van der Waals surface area contributed by atoms with Crippen LogP contribution in [0.4, 0.5) is 0 Å². The van der Waals surface area contributed by atoms with E-state index in [9.17, 15) is 18.0 Å². The summed E-state index contributed by atoms with van der Waals surface area (Å²) in [4.78, 5) is 24.5. The van der Waals surface area contributed by atoms with Crippen molar-refractivity contribution >= 4 is 21.8 Å². The Morgan fingerprint density at radius 2 is 1.42 bits per heavy atom. The number of hydrogen-bond acceptors (Lipinski definition) is 5. The normalized spacial score (nSPS) is 11.3. The van der Waals surface area contributed by atoms with Crippen LogP contribution in [0.2, 0.25) is 0 Å². The van der Waals surface area contributed by atoms with Gasteiger partial charge in [0, 0.05) is 12.6 Å². The zero-order valence-electron chi connectivity index (χ0n) is 17.3. The number of benzene rings is 3. The van der Waals surface area contributed by atoms with Crippen LogP contribution in [0.1, 0.15) is 15.9 Å². The largest absolute Gasteiger partial charge is 0.456 e. The van der Waals surface area contributed by atoms with Gasteiger partial charge >= 0.3 is 5.97 Å². The lowest BCUT2D eigenvalue weighted by molar-refractivity contribution is -0.142. The Morgan fingerprint density at radius 1 is 0.839 bits per heavy atom. The second kappa shape index (κ2) is 9.68. The van der Waals surface area contributed by atoms with Gasteiger partial charge in [0.2, 0.25) is 10.0 Å². The zero-order valence-corrected chi connectivity index (χ0v) is 18.1. The molecule has 0 N–H and O–H groups in total. The number of nitrogens with zero attached hydrogens (tertiary/aromatic N) is 1. The molecule has 0 aromatic heterocycles. The Kier molecular flexibility index (Phi) is 6.99. The van der Waals surface area contributed by atoms with Crippen molar-refractivity contribution in [1.29, 1.82) is 0 Å². The molecule has 3 rings (SSSR count). The minimum atomic E-state index is -3.83. The number of sulfonamides is 1. The van der Waals surface area contributed by atoms with Crippen LogP contribution in [0.25, 0.3) is 11.1 Å². The van der Waals surface area contributed by atoms with Gasteiger partial charge in [-0.25, -0.2) is 8.42 Å². The van der Waals surface area contributed by atoms with Crippen molar-refractivity contribution in [2.24, 2.45) is 0 Å². The van der Waals surface area contributed by atoms with Gasteiger partial charge in [-0.2, -0.15) is 4.31 Å². The average molecular weight is 438 g/mol. The van der Waals surface area contributed by atoms with E-state index < -0.39 is 29.1 Å². The van der Waals surface area contributed by atoms with Gasteiger partial charge in [0.05, 0.1) is 4.90 Å². The number of Topliss-reactive ketones (excluding diaryl/α,β-unsaturated/α-hetero) is 1. The molecule has 0 unspecified atom stereocenters. The van der Waals surface area contributed by atoms with Gasteiger partial charge in [-0.15, -0.1) is 0 Å². The fourth-order valence-electron chi connectivity index (χ4n) is 2.91. The molecule has 3 aromatic rings. The van der Waals surface area contributed by atoms with E-state index in [1.54, 1.807) is 24.3 Å². The Balaban J connectivity index is 1.55. The van der Waals surface area contributed by atoms with Gasteiger partial charge < -0.3 is 4.74 Å². The molecule has 0 heterocycles. The van der Waals surface area contributed by atoms with Crippen LogP contribution in [0, 0.1) is 6.92 Å². The highest BCUT2D eigenvalue weighted by Crippen LogP contribution is 2.19. The van der Waals surface area contributed by atoms with Crippen LogP contribution in [-0.4, -0.2) is 44.7 Å². The zero-order chi connectivity index (χ0) is 22.4. The molecule has 3 aromatic carbocycles. The molecule has 160 valence electrons. The molecule has 0 aliphatic carbocycles. The fraction of sp³-hybridized carbons (Fsp3) is 0.167. The lowest BCUT2D eigenvalue weighted by Gasteiger charge is -2.16. The second-order valence-electron chi connectivity index (χ2n) is 7.10. The average Bonchev–Trinajstić information content (AvgIpc) is 2.78. The number of hydrogen-bond donors (Lipinski definition) is 0. The van der Waals surface area contributed by atoms with Gasteiger partial charge in [-0.1, -0.05) is 72.3 Å². The van der Waals surface area contributed by atoms with Crippen molar-refractivity contribution in [3.05, 3.63) is 90.0 Å². The highest BCUT2D eigenvalue weighted by molar-refractivity contribution is 7.89. The highest BCUT2D eigenvalue weighted by atomic mass is 32.2. The van der Waals surface area contributed by atoms with Gasteiger partial charge in [-0.3, -0.25) is 9.59 Å². The summed E-state index contributed by atoms with van der Waals surface area (Å²) in [6.45, 7) is 0.905. The first-order chi connectivity index (χ1) is 14.8. The molecule has 6 nitrogen and oxygen atoms in total. The molecule has 0 amide bonds. The van der Waals surface area contributed by atoms with Crippen LogP contribution in [0.15, 0.2) is 83.8 Å². The Morgan fingerprint density at radius 3 is 2.03 bits per heavy atom. The number of carbonyl (C=O) groups is 2. The van der Waals surface area contributed by atoms with Crippen LogP contribution in [-0.2, 0) is 19.6 Å². The molecule has 0 radical (unpaired) electrons. The minimum absolute atomic E-state index is 0.0861. The first kappa shape index (κ1) is 22.4. The first-order valence-corrected chi connectivity index (χ1v) is 11.1. The summed E-state index contributed by atoms with van der Waals surface area (Å²) in [6, 6.07) is 23.1. The summed E-state index contributed by atoms with van der Waals surface area (Å²) in [7, 11) is -2.53. The van der Waals surface area contributed by atoms with E-state index in [1.807, 2.05) is 49.4 Å². The standard InChI is InChI=1S/C24H23NO5S/c1-18-8-14-22(15-9-18)31(28,29)25(2)16-24(27)30-17-23(26)21-12-10-20(11-13-21)19-6-4-3-5-7-19/h3-15H,16-17H2,1-2H3. The summed E-state index contributed by atoms with van der Waals surface area (Å²) >= 11 is 0. The summed E-state index contributed by atoms with van der Waals surface area (Å²) in [5, 5.41) is 0. The monoisotopic (exact) mass is 437 g/mol. The lowest BCUT2D eigenvalue weighted by atomic mass is 10.0. The third kappa shape index (κ3) is 5.65. The number of aryl methyl sites for hydroxylation is 1. The van der Waals surface area contributed by atoms with Crippen molar-refractivity contribution in [3.63, 3.8) is 0 Å². The molecular weight excluding hydrogens is 414 g/mol. The number of carbonyl (C=O) groups excluding carboxylic acids is 2. The van der Waals surface area contributed by atoms with Gasteiger partial charge in [0.1, 0.15) is 6.54 Å². The maximum Gasteiger partial charge on any atom is 0.321 e. The number of likely N-dealkylation sites (N-methyl/N-ethyl adjacent to an activating group) is 1. The van der Waals surface area contributed by atoms with Crippen LogP contribution in [0.3, 0.4) is 0 Å². The molecule has 31 heavy (non-hydrogen) atoms. The maximum absolute atomic E-state index is 12.5. The molecule has 0 aliphatic heterocycles.